The highest BCUT2D eigenvalue weighted by Crippen LogP contribution is 2.35. The Morgan fingerprint density at radius 2 is 2.13 bits per heavy atom. The van der Waals surface area contributed by atoms with Gasteiger partial charge in [0.2, 0.25) is 0 Å². The first kappa shape index (κ1) is 9.22. The molecule has 0 aromatic heterocycles. The van der Waals surface area contributed by atoms with Crippen LogP contribution >= 0.6 is 0 Å². The lowest BCUT2D eigenvalue weighted by Crippen LogP contribution is -2.20. The number of ether oxygens (including phenoxy) is 1. The molecule has 1 saturated carbocycles. The lowest BCUT2D eigenvalue weighted by molar-refractivity contribution is 0.323. The molecule has 0 spiro atoms. The van der Waals surface area contributed by atoms with Crippen LogP contribution in [-0.2, 0) is 0 Å². The Balaban J connectivity index is 1.58. The van der Waals surface area contributed by atoms with Gasteiger partial charge in [0.25, 0.3) is 0 Å². The number of benzene rings is 1. The van der Waals surface area contributed by atoms with Gasteiger partial charge in [-0.25, -0.2) is 0 Å². The zero-order valence-corrected chi connectivity index (χ0v) is 8.91. The van der Waals surface area contributed by atoms with Gasteiger partial charge in [0.15, 0.2) is 0 Å². The third kappa shape index (κ3) is 2.00. The fourth-order valence-electron chi connectivity index (χ4n) is 2.22. The Morgan fingerprint density at radius 3 is 3.00 bits per heavy atom. The molecule has 2 aliphatic rings. The average Bonchev–Trinajstić information content (AvgIpc) is 3.00. The van der Waals surface area contributed by atoms with Crippen molar-refractivity contribution in [2.24, 2.45) is 0 Å². The van der Waals surface area contributed by atoms with Crippen LogP contribution in [0.5, 0.6) is 5.75 Å². The molecule has 1 unspecified atom stereocenters. The summed E-state index contributed by atoms with van der Waals surface area (Å²) in [6.07, 6.45) is 3.95. The number of hydrogen-bond donors (Lipinski definition) is 1. The minimum Gasteiger partial charge on any atom is -0.493 e. The van der Waals surface area contributed by atoms with E-state index in [0.717, 1.165) is 24.9 Å². The van der Waals surface area contributed by atoms with Gasteiger partial charge in [0.1, 0.15) is 5.75 Å². The molecule has 2 nitrogen and oxygen atoms in total. The first-order valence-electron chi connectivity index (χ1n) is 5.88. The van der Waals surface area contributed by atoms with E-state index >= 15 is 0 Å². The van der Waals surface area contributed by atoms with E-state index in [0.29, 0.717) is 5.92 Å². The van der Waals surface area contributed by atoms with E-state index in [9.17, 15) is 0 Å². The van der Waals surface area contributed by atoms with Crippen molar-refractivity contribution in [2.75, 3.05) is 13.2 Å². The van der Waals surface area contributed by atoms with E-state index in [1.807, 2.05) is 6.07 Å². The Hall–Kier alpha value is -1.02. The molecule has 1 aliphatic heterocycles. The van der Waals surface area contributed by atoms with Crippen molar-refractivity contribution in [3.63, 3.8) is 0 Å². The fraction of sp³-hybridized carbons (Fsp3) is 0.538. The highest BCUT2D eigenvalue weighted by Gasteiger charge is 2.25. The molecule has 0 radical (unpaired) electrons. The third-order valence-electron chi connectivity index (χ3n) is 3.30. The van der Waals surface area contributed by atoms with Gasteiger partial charge in [0, 0.05) is 17.5 Å². The molecule has 80 valence electrons. The third-order valence-corrected chi connectivity index (χ3v) is 3.30. The molecule has 1 aromatic rings. The topological polar surface area (TPSA) is 21.3 Å². The van der Waals surface area contributed by atoms with Crippen LogP contribution in [0.2, 0.25) is 0 Å². The highest BCUT2D eigenvalue weighted by atomic mass is 16.5. The van der Waals surface area contributed by atoms with Gasteiger partial charge in [-0.3, -0.25) is 0 Å². The second kappa shape index (κ2) is 3.86. The van der Waals surface area contributed by atoms with Crippen LogP contribution in [-0.4, -0.2) is 19.2 Å². The van der Waals surface area contributed by atoms with Crippen molar-refractivity contribution >= 4 is 0 Å². The summed E-state index contributed by atoms with van der Waals surface area (Å²) in [5.74, 6) is 1.70. The van der Waals surface area contributed by atoms with Crippen LogP contribution in [0.15, 0.2) is 24.3 Å². The molecule has 3 rings (SSSR count). The molecule has 1 aliphatic carbocycles. The van der Waals surface area contributed by atoms with E-state index in [2.05, 4.69) is 23.5 Å². The molecule has 0 saturated heterocycles. The minimum atomic E-state index is 0.604. The van der Waals surface area contributed by atoms with Gasteiger partial charge in [-0.05, 0) is 31.9 Å². The minimum absolute atomic E-state index is 0.604. The lowest BCUT2D eigenvalue weighted by atomic mass is 9.98. The van der Waals surface area contributed by atoms with Gasteiger partial charge < -0.3 is 10.1 Å². The van der Waals surface area contributed by atoms with Crippen molar-refractivity contribution in [3.05, 3.63) is 29.8 Å². The van der Waals surface area contributed by atoms with E-state index in [1.54, 1.807) is 0 Å². The second-order valence-corrected chi connectivity index (χ2v) is 4.56. The summed E-state index contributed by atoms with van der Waals surface area (Å²) < 4.78 is 5.66. The van der Waals surface area contributed by atoms with E-state index in [4.69, 9.17) is 4.74 Å². The standard InChI is InChI=1S/C13H17NO/c1-2-4-13-12(3-1)10(9-15-13)7-8-14-11-5-6-11/h1-4,10-11,14H,5-9H2. The summed E-state index contributed by atoms with van der Waals surface area (Å²) in [6.45, 7) is 2.00. The molecule has 1 N–H and O–H groups in total. The van der Waals surface area contributed by atoms with Crippen molar-refractivity contribution in [3.8, 4) is 5.75 Å². The molecule has 1 heterocycles. The van der Waals surface area contributed by atoms with Crippen molar-refractivity contribution in [1.29, 1.82) is 0 Å². The normalized spacial score (nSPS) is 23.6. The maximum absolute atomic E-state index is 5.66. The summed E-state index contributed by atoms with van der Waals surface area (Å²) >= 11 is 0. The SMILES string of the molecule is c1ccc2c(c1)OCC2CCNC1CC1. The maximum atomic E-state index is 5.66. The lowest BCUT2D eigenvalue weighted by Gasteiger charge is -2.08. The number of rotatable bonds is 4. The van der Waals surface area contributed by atoms with E-state index in [1.165, 1.54) is 24.8 Å². The number of nitrogens with one attached hydrogen (secondary N) is 1. The quantitative estimate of drug-likeness (QED) is 0.810. The van der Waals surface area contributed by atoms with Crippen LogP contribution in [0.25, 0.3) is 0 Å². The Kier molecular flexibility index (Phi) is 2.37. The summed E-state index contributed by atoms with van der Waals surface area (Å²) in [5.41, 5.74) is 1.40. The van der Waals surface area contributed by atoms with E-state index < -0.39 is 0 Å². The average molecular weight is 203 g/mol. The zero-order valence-electron chi connectivity index (χ0n) is 8.91. The molecule has 1 aromatic carbocycles. The molecule has 2 heteroatoms. The van der Waals surface area contributed by atoms with Crippen molar-refractivity contribution in [2.45, 2.75) is 31.2 Å². The smallest absolute Gasteiger partial charge is 0.122 e. The summed E-state index contributed by atoms with van der Waals surface area (Å²) in [4.78, 5) is 0. The Bertz CT molecular complexity index is 346. The molecule has 0 bridgehead atoms. The van der Waals surface area contributed by atoms with Gasteiger partial charge in [-0.1, -0.05) is 18.2 Å². The largest absolute Gasteiger partial charge is 0.493 e. The van der Waals surface area contributed by atoms with Gasteiger partial charge >= 0.3 is 0 Å². The van der Waals surface area contributed by atoms with Gasteiger partial charge in [-0.15, -0.1) is 0 Å². The molecule has 1 atom stereocenters. The first-order chi connectivity index (χ1) is 7.43. The van der Waals surface area contributed by atoms with Gasteiger partial charge in [0.05, 0.1) is 6.61 Å². The van der Waals surface area contributed by atoms with Crippen LogP contribution in [0.1, 0.15) is 30.7 Å². The first-order valence-corrected chi connectivity index (χ1v) is 5.88. The molecular formula is C13H17NO. The van der Waals surface area contributed by atoms with Crippen molar-refractivity contribution < 1.29 is 4.74 Å². The van der Waals surface area contributed by atoms with Crippen LogP contribution in [0.4, 0.5) is 0 Å². The predicted molar refractivity (Wildman–Crippen MR) is 60.3 cm³/mol. The van der Waals surface area contributed by atoms with Crippen molar-refractivity contribution in [1.82, 2.24) is 5.32 Å². The summed E-state index contributed by atoms with van der Waals surface area (Å²) in [6, 6.07) is 9.24. The van der Waals surface area contributed by atoms with Gasteiger partial charge in [-0.2, -0.15) is 0 Å². The van der Waals surface area contributed by atoms with Crippen LogP contribution in [0, 0.1) is 0 Å². The van der Waals surface area contributed by atoms with Crippen LogP contribution < -0.4 is 10.1 Å². The number of para-hydroxylation sites is 1. The second-order valence-electron chi connectivity index (χ2n) is 4.56. The molecular weight excluding hydrogens is 186 g/mol. The Labute approximate surface area is 90.6 Å². The summed E-state index contributed by atoms with van der Waals surface area (Å²) in [5, 5.41) is 3.56. The molecule has 1 fully saturated rings. The molecule has 0 amide bonds. The number of fused-ring (bicyclic) bond motifs is 1. The number of hydrogen-bond acceptors (Lipinski definition) is 2. The fourth-order valence-corrected chi connectivity index (χ4v) is 2.22. The molecule has 15 heavy (non-hydrogen) atoms. The van der Waals surface area contributed by atoms with E-state index in [-0.39, 0.29) is 0 Å². The maximum Gasteiger partial charge on any atom is 0.122 e. The predicted octanol–water partition coefficient (Wildman–Crippen LogP) is 2.30. The highest BCUT2D eigenvalue weighted by molar-refractivity contribution is 5.39. The van der Waals surface area contributed by atoms with Crippen LogP contribution in [0.3, 0.4) is 0 Å². The Morgan fingerprint density at radius 1 is 1.27 bits per heavy atom. The summed E-state index contributed by atoms with van der Waals surface area (Å²) in [7, 11) is 0. The monoisotopic (exact) mass is 203 g/mol. The zero-order chi connectivity index (χ0) is 10.1.